The summed E-state index contributed by atoms with van der Waals surface area (Å²) in [7, 11) is 1.44. The zero-order valence-corrected chi connectivity index (χ0v) is 46.6. The Hall–Kier alpha value is -7.67. The summed E-state index contributed by atoms with van der Waals surface area (Å²) >= 11 is 0. The van der Waals surface area contributed by atoms with Gasteiger partial charge in [-0.2, -0.15) is 4.99 Å². The Morgan fingerprint density at radius 1 is 0.951 bits per heavy atom. The lowest BCUT2D eigenvalue weighted by Crippen LogP contribution is -2.49. The van der Waals surface area contributed by atoms with E-state index in [1.165, 1.54) is 53.2 Å². The number of likely N-dealkylation sites (tertiary alicyclic amines) is 1. The molecule has 6 aliphatic rings. The van der Waals surface area contributed by atoms with Crippen LogP contribution in [0.15, 0.2) is 75.4 Å². The van der Waals surface area contributed by atoms with E-state index in [4.69, 9.17) is 38.2 Å². The van der Waals surface area contributed by atoms with Crippen LogP contribution < -0.4 is 25.5 Å². The zero-order chi connectivity index (χ0) is 58.4. The van der Waals surface area contributed by atoms with Crippen molar-refractivity contribution in [3.8, 4) is 23.0 Å². The standard InChI is InChI=1S/C57H69N7O17/c1-28-11-10-12-29(2)54(72)59-46-45-44(60-57(61-45)18-20-62(21-19-57)40(66)27-77-36-15-13-35(14-16-36)25-76-37-23-63-24-39(64(73)74)58-55(63)78-26-37)41-42(50(46)70)49(69)33(6)52-43(41)53(71)56(8,81-52)79-22-17-38(75-9)30(3)51(80-34(7)65)32(5)48(68)31(4)47(28)67/h10-17,22,28,30-32,37-39,47-48,51,60,67-70H,18-21,23-27H2,1-9H3/b11-10+,22-17+,29-12-,59-46?/t28-,30+,31+,32+,37-,38-,39?,47-,48+,51+,56-/m0/s1. The molecule has 1 spiro atoms. The highest BCUT2D eigenvalue weighted by Gasteiger charge is 2.51. The molecule has 5 N–H and O–H groups in total. The molecule has 434 valence electrons. The number of hydrogen-bond donors (Lipinski definition) is 5. The first-order chi connectivity index (χ1) is 38.4. The molecule has 11 atom stereocenters. The molecule has 4 bridgehead atoms. The van der Waals surface area contributed by atoms with E-state index < -0.39 is 99.8 Å². The first-order valence-corrected chi connectivity index (χ1v) is 27.0. The lowest BCUT2D eigenvalue weighted by molar-refractivity contribution is -0.518. The number of aliphatic hydroxyl groups is 2. The van der Waals surface area contributed by atoms with E-state index in [-0.39, 0.29) is 120 Å². The first-order valence-electron chi connectivity index (χ1n) is 27.0. The Kier molecular flexibility index (Phi) is 16.5. The number of phenols is 2. The summed E-state index contributed by atoms with van der Waals surface area (Å²) in [6, 6.07) is 7.32. The minimum atomic E-state index is -2.05. The number of phenolic OH excluding ortho intramolecular Hbond substituents is 2. The highest BCUT2D eigenvalue weighted by atomic mass is 16.7. The molecule has 1 unspecified atom stereocenters. The van der Waals surface area contributed by atoms with Crippen molar-refractivity contribution in [3.05, 3.63) is 97.9 Å². The molecule has 24 nitrogen and oxygen atoms in total. The molecule has 2 saturated heterocycles. The number of nitrogens with zero attached hydrogens (tertiary/aromatic N) is 6. The van der Waals surface area contributed by atoms with Crippen LogP contribution in [-0.4, -0.2) is 159 Å². The minimum absolute atomic E-state index is 0.0293. The van der Waals surface area contributed by atoms with Crippen molar-refractivity contribution >= 4 is 46.0 Å². The number of amidine groups is 1. The summed E-state index contributed by atoms with van der Waals surface area (Å²) in [5.41, 5.74) is 0.0143. The molecule has 2 amide bonds. The normalized spacial score (nSPS) is 30.6. The van der Waals surface area contributed by atoms with Crippen LogP contribution in [0.2, 0.25) is 0 Å². The number of nitrogens with one attached hydrogen (secondary N) is 1. The molecule has 0 radical (unpaired) electrons. The predicted octanol–water partition coefficient (Wildman–Crippen LogP) is 3.89. The molecule has 0 saturated carbocycles. The van der Waals surface area contributed by atoms with E-state index in [0.29, 0.717) is 12.3 Å². The number of esters is 1. The number of allylic oxidation sites excluding steroid dienone is 2. The van der Waals surface area contributed by atoms with Crippen LogP contribution in [0, 0.1) is 40.7 Å². The van der Waals surface area contributed by atoms with E-state index in [1.807, 2.05) is 12.1 Å². The number of amides is 2. The number of hydrogen-bond acceptors (Lipinski definition) is 21. The van der Waals surface area contributed by atoms with Crippen molar-refractivity contribution in [2.75, 3.05) is 51.8 Å². The number of fused-ring (bicyclic) bond motifs is 2. The number of benzene rings is 3. The molecule has 2 fully saturated rings. The number of aliphatic imine (C=N–C) groups is 1. The number of rotatable bonds is 9. The number of carbonyl (C=O) groups is 4. The Morgan fingerprint density at radius 2 is 1.67 bits per heavy atom. The third-order valence-corrected chi connectivity index (χ3v) is 16.3. The Labute approximate surface area is 466 Å². The number of anilines is 1. The number of aliphatic hydroxyl groups excluding tert-OH is 2. The molecule has 24 heteroatoms. The summed E-state index contributed by atoms with van der Waals surface area (Å²) in [4.78, 5) is 82.8. The molecule has 0 aliphatic carbocycles. The Balaban J connectivity index is 0.978. The van der Waals surface area contributed by atoms with Gasteiger partial charge in [-0.15, -0.1) is 0 Å². The SMILES string of the molecule is CO[C@H]1/C=C/O[C@@]2(C)Oc3c(C)c(O)c4c(O)c(c5c(c4c3C2=O)NC2(CCN(C(=O)COc3ccc(CO[C@@H]4COC6=NC([N+](=O)[O-])CN6C4)cc3)CC2)N=5)=NC(=O)/C(C)=C\C=C\[C@H](C)[C@H](O)[C@@H](C)[C@@H](O)[C@@H](C)[C@H](OC(C)=O)[C@@H]1C. The van der Waals surface area contributed by atoms with Crippen molar-refractivity contribution < 1.29 is 77.7 Å². The summed E-state index contributed by atoms with van der Waals surface area (Å²) in [5, 5.41) is 61.7. The maximum atomic E-state index is 14.9. The van der Waals surface area contributed by atoms with Crippen LogP contribution in [0.1, 0.15) is 82.8 Å². The Bertz CT molecular complexity index is 3260. The molecule has 3 aromatic rings. The van der Waals surface area contributed by atoms with Crippen molar-refractivity contribution in [1.29, 1.82) is 0 Å². The summed E-state index contributed by atoms with van der Waals surface area (Å²) in [6.07, 6.45) is 2.54. The van der Waals surface area contributed by atoms with Gasteiger partial charge in [0.2, 0.25) is 0 Å². The number of carbonyl (C=O) groups excluding carboxylic acids is 4. The van der Waals surface area contributed by atoms with E-state index in [2.05, 4.69) is 15.3 Å². The van der Waals surface area contributed by atoms with Crippen LogP contribution in [0.4, 0.5) is 5.69 Å². The van der Waals surface area contributed by atoms with Gasteiger partial charge in [-0.25, -0.2) is 4.99 Å². The van der Waals surface area contributed by atoms with Gasteiger partial charge in [-0.3, -0.25) is 34.3 Å². The topological polar surface area (TPSA) is 313 Å². The summed E-state index contributed by atoms with van der Waals surface area (Å²) in [5.74, 6) is -7.68. The van der Waals surface area contributed by atoms with E-state index in [9.17, 15) is 49.7 Å². The highest BCUT2D eigenvalue weighted by molar-refractivity contribution is 6.21. The number of nitro groups is 1. The second-order valence-electron chi connectivity index (χ2n) is 21.9. The quantitative estimate of drug-likeness (QED) is 0.0878. The summed E-state index contributed by atoms with van der Waals surface area (Å²) in [6.45, 7) is 13.7. The maximum absolute atomic E-state index is 14.9. The van der Waals surface area contributed by atoms with Gasteiger partial charge in [0, 0.05) is 92.0 Å². The molecule has 0 aromatic heterocycles. The fraction of sp³-hybridized carbons (Fsp3) is 0.526. The lowest BCUT2D eigenvalue weighted by Gasteiger charge is -2.38. The van der Waals surface area contributed by atoms with Crippen LogP contribution in [-0.2, 0) is 44.7 Å². The highest BCUT2D eigenvalue weighted by Crippen LogP contribution is 2.51. The predicted molar refractivity (Wildman–Crippen MR) is 289 cm³/mol. The fourth-order valence-corrected chi connectivity index (χ4v) is 11.4. The third kappa shape index (κ3) is 11.4. The zero-order valence-electron chi connectivity index (χ0n) is 46.6. The van der Waals surface area contributed by atoms with Gasteiger partial charge < -0.3 is 68.7 Å². The van der Waals surface area contributed by atoms with Gasteiger partial charge in [0.1, 0.15) is 59.0 Å². The van der Waals surface area contributed by atoms with Crippen LogP contribution in [0.5, 0.6) is 23.0 Å². The summed E-state index contributed by atoms with van der Waals surface area (Å²) < 4.78 is 41.6. The van der Waals surface area contributed by atoms with E-state index in [0.717, 1.165) is 5.56 Å². The second-order valence-corrected chi connectivity index (χ2v) is 21.9. The number of methoxy groups -OCH3 is 1. The average molecular weight is 1120 g/mol. The van der Waals surface area contributed by atoms with Crippen LogP contribution in [0.25, 0.3) is 10.8 Å². The molecule has 3 aromatic carbocycles. The Morgan fingerprint density at radius 3 is 2.35 bits per heavy atom. The van der Waals surface area contributed by atoms with E-state index in [1.54, 1.807) is 61.8 Å². The second kappa shape index (κ2) is 23.1. The average Bonchev–Trinajstić information content (AvgIpc) is 2.54. The maximum Gasteiger partial charge on any atom is 0.325 e. The van der Waals surface area contributed by atoms with Gasteiger partial charge in [0.15, 0.2) is 12.4 Å². The van der Waals surface area contributed by atoms with Gasteiger partial charge in [0.05, 0.1) is 54.4 Å². The van der Waals surface area contributed by atoms with Crippen molar-refractivity contribution in [1.82, 2.24) is 9.80 Å². The third-order valence-electron chi connectivity index (χ3n) is 16.3. The van der Waals surface area contributed by atoms with Gasteiger partial charge in [-0.05, 0) is 37.6 Å². The largest absolute Gasteiger partial charge is 0.507 e. The minimum Gasteiger partial charge on any atom is -0.507 e. The molecular weight excluding hydrogens is 1050 g/mol. The molecule has 81 heavy (non-hydrogen) atoms. The van der Waals surface area contributed by atoms with Gasteiger partial charge in [0.25, 0.3) is 23.6 Å². The molecular formula is C57H69N7O17. The van der Waals surface area contributed by atoms with Gasteiger partial charge in [-0.1, -0.05) is 58.1 Å². The number of Topliss-reactive ketones (excluding diaryl/α,β-unsaturated/α-hetero) is 1. The first kappa shape index (κ1) is 58.0. The molecule has 9 rings (SSSR count). The number of ketones is 1. The number of piperidine rings is 1. The van der Waals surface area contributed by atoms with Crippen LogP contribution in [0.3, 0.4) is 0 Å². The number of ether oxygens (including phenoxy) is 7. The number of aromatic hydroxyl groups is 2. The molecule has 6 aliphatic heterocycles. The monoisotopic (exact) mass is 1120 g/mol. The molecule has 6 heterocycles. The lowest BCUT2D eigenvalue weighted by atomic mass is 9.78. The van der Waals surface area contributed by atoms with Gasteiger partial charge >= 0.3 is 17.9 Å². The van der Waals surface area contributed by atoms with E-state index >= 15 is 0 Å². The smallest absolute Gasteiger partial charge is 0.325 e. The van der Waals surface area contributed by atoms with Crippen molar-refractivity contribution in [2.24, 2.45) is 38.6 Å². The fourth-order valence-electron chi connectivity index (χ4n) is 11.4. The van der Waals surface area contributed by atoms with Crippen molar-refractivity contribution in [3.63, 3.8) is 0 Å². The van der Waals surface area contributed by atoms with Crippen molar-refractivity contribution in [2.45, 2.75) is 123 Å². The van der Waals surface area contributed by atoms with Crippen LogP contribution >= 0.6 is 0 Å².